The lowest BCUT2D eigenvalue weighted by atomic mass is 10.3. The molecule has 2 N–H and O–H groups in total. The molecule has 6 heteroatoms. The van der Waals surface area contributed by atoms with Crippen molar-refractivity contribution in [2.45, 2.75) is 12.8 Å². The van der Waals surface area contributed by atoms with Gasteiger partial charge in [0.25, 0.3) is 0 Å². The molecule has 0 spiro atoms. The van der Waals surface area contributed by atoms with Gasteiger partial charge in [-0.05, 0) is 13.0 Å². The van der Waals surface area contributed by atoms with Crippen LogP contribution >= 0.6 is 12.2 Å². The molecule has 14 heavy (non-hydrogen) atoms. The summed E-state index contributed by atoms with van der Waals surface area (Å²) in [5, 5.41) is 0. The summed E-state index contributed by atoms with van der Waals surface area (Å²) in [6.07, 6.45) is 1.40. The topological polar surface area (TPSA) is 63.4 Å². The van der Waals surface area contributed by atoms with E-state index in [9.17, 15) is 8.42 Å². The summed E-state index contributed by atoms with van der Waals surface area (Å²) in [6.45, 7) is 2.23. The SMILES string of the molecule is NC(=S)CCN1CCCS(=O)(=O)CC1. The number of thiocarbonyl (C=S) groups is 1. The van der Waals surface area contributed by atoms with Crippen LogP contribution in [0.25, 0.3) is 0 Å². The van der Waals surface area contributed by atoms with Gasteiger partial charge < -0.3 is 10.6 Å². The van der Waals surface area contributed by atoms with Crippen molar-refractivity contribution < 1.29 is 8.42 Å². The number of nitrogens with zero attached hydrogens (tertiary/aromatic N) is 1. The summed E-state index contributed by atoms with van der Waals surface area (Å²) < 4.78 is 22.6. The highest BCUT2D eigenvalue weighted by atomic mass is 32.2. The first-order valence-electron chi connectivity index (χ1n) is 4.71. The summed E-state index contributed by atoms with van der Waals surface area (Å²) in [5.41, 5.74) is 5.39. The van der Waals surface area contributed by atoms with E-state index in [2.05, 4.69) is 4.90 Å². The Morgan fingerprint density at radius 3 is 2.71 bits per heavy atom. The largest absolute Gasteiger partial charge is 0.393 e. The minimum absolute atomic E-state index is 0.268. The van der Waals surface area contributed by atoms with Crippen LogP contribution in [-0.2, 0) is 9.84 Å². The Labute approximate surface area is 90.4 Å². The van der Waals surface area contributed by atoms with Gasteiger partial charge >= 0.3 is 0 Å². The first-order valence-corrected chi connectivity index (χ1v) is 6.94. The van der Waals surface area contributed by atoms with Gasteiger partial charge in [-0.1, -0.05) is 12.2 Å². The van der Waals surface area contributed by atoms with Gasteiger partial charge in [-0.3, -0.25) is 0 Å². The van der Waals surface area contributed by atoms with E-state index in [1.54, 1.807) is 0 Å². The molecular weight excluding hydrogens is 220 g/mol. The van der Waals surface area contributed by atoms with Crippen molar-refractivity contribution in [3.8, 4) is 0 Å². The molecule has 82 valence electrons. The van der Waals surface area contributed by atoms with Gasteiger partial charge in [-0.2, -0.15) is 0 Å². The van der Waals surface area contributed by atoms with E-state index in [4.69, 9.17) is 18.0 Å². The maximum absolute atomic E-state index is 11.3. The van der Waals surface area contributed by atoms with Crippen molar-refractivity contribution >= 4 is 27.0 Å². The Kier molecular flexibility index (Phi) is 4.28. The van der Waals surface area contributed by atoms with Crippen molar-refractivity contribution in [1.82, 2.24) is 4.90 Å². The van der Waals surface area contributed by atoms with E-state index in [-0.39, 0.29) is 5.75 Å². The lowest BCUT2D eigenvalue weighted by Gasteiger charge is -2.18. The molecule has 1 rings (SSSR count). The summed E-state index contributed by atoms with van der Waals surface area (Å²) in [6, 6.07) is 0. The molecule has 0 aromatic carbocycles. The molecule has 0 atom stereocenters. The average molecular weight is 236 g/mol. The Morgan fingerprint density at radius 2 is 2.07 bits per heavy atom. The van der Waals surface area contributed by atoms with Gasteiger partial charge in [0.15, 0.2) is 9.84 Å². The van der Waals surface area contributed by atoms with Gasteiger partial charge in [0.1, 0.15) is 0 Å². The Hall–Kier alpha value is -0.200. The van der Waals surface area contributed by atoms with Gasteiger partial charge in [0, 0.05) is 19.5 Å². The van der Waals surface area contributed by atoms with Gasteiger partial charge in [-0.25, -0.2) is 8.42 Å². The van der Waals surface area contributed by atoms with Crippen molar-refractivity contribution in [2.75, 3.05) is 31.1 Å². The van der Waals surface area contributed by atoms with Crippen LogP contribution in [0, 0.1) is 0 Å². The van der Waals surface area contributed by atoms with Crippen LogP contribution in [0.1, 0.15) is 12.8 Å². The minimum atomic E-state index is -2.80. The van der Waals surface area contributed by atoms with Gasteiger partial charge in [0.2, 0.25) is 0 Å². The predicted octanol–water partition coefficient (Wildman–Crippen LogP) is -0.217. The lowest BCUT2D eigenvalue weighted by molar-refractivity contribution is 0.304. The van der Waals surface area contributed by atoms with Crippen molar-refractivity contribution in [3.05, 3.63) is 0 Å². The Bertz CT molecular complexity index is 300. The Balaban J connectivity index is 2.39. The number of rotatable bonds is 3. The van der Waals surface area contributed by atoms with Gasteiger partial charge in [-0.15, -0.1) is 0 Å². The quantitative estimate of drug-likeness (QED) is 0.687. The highest BCUT2D eigenvalue weighted by Gasteiger charge is 2.18. The van der Waals surface area contributed by atoms with Crippen LogP contribution in [-0.4, -0.2) is 49.4 Å². The second kappa shape index (κ2) is 5.04. The molecule has 1 aliphatic rings. The molecule has 4 nitrogen and oxygen atoms in total. The van der Waals surface area contributed by atoms with Crippen LogP contribution in [0.5, 0.6) is 0 Å². The van der Waals surface area contributed by atoms with Crippen molar-refractivity contribution in [2.24, 2.45) is 5.73 Å². The second-order valence-electron chi connectivity index (χ2n) is 3.56. The fraction of sp³-hybridized carbons (Fsp3) is 0.875. The summed E-state index contributed by atoms with van der Waals surface area (Å²) >= 11 is 4.78. The molecule has 1 fully saturated rings. The second-order valence-corrected chi connectivity index (χ2v) is 6.39. The third-order valence-corrected chi connectivity index (χ3v) is 4.24. The van der Waals surface area contributed by atoms with Crippen LogP contribution in [0.3, 0.4) is 0 Å². The normalized spacial score (nSPS) is 22.9. The van der Waals surface area contributed by atoms with Crippen LogP contribution in [0.4, 0.5) is 0 Å². The monoisotopic (exact) mass is 236 g/mol. The molecule has 0 aromatic heterocycles. The van der Waals surface area contributed by atoms with Crippen LogP contribution in [0.2, 0.25) is 0 Å². The molecule has 0 radical (unpaired) electrons. The average Bonchev–Trinajstić information content (AvgIpc) is 2.23. The number of hydrogen-bond donors (Lipinski definition) is 1. The fourth-order valence-electron chi connectivity index (χ4n) is 1.48. The van der Waals surface area contributed by atoms with Crippen molar-refractivity contribution in [1.29, 1.82) is 0 Å². The molecule has 1 aliphatic heterocycles. The van der Waals surface area contributed by atoms with E-state index >= 15 is 0 Å². The molecule has 0 bridgehead atoms. The van der Waals surface area contributed by atoms with E-state index in [0.717, 1.165) is 19.5 Å². The molecule has 0 saturated carbocycles. The first-order chi connectivity index (χ1) is 6.49. The van der Waals surface area contributed by atoms with E-state index < -0.39 is 9.84 Å². The third-order valence-electron chi connectivity index (χ3n) is 2.32. The molecule has 0 aliphatic carbocycles. The van der Waals surface area contributed by atoms with Crippen LogP contribution in [0.15, 0.2) is 0 Å². The summed E-state index contributed by atoms with van der Waals surface area (Å²) in [7, 11) is -2.80. The fourth-order valence-corrected chi connectivity index (χ4v) is 2.88. The number of hydrogen-bond acceptors (Lipinski definition) is 4. The third kappa shape index (κ3) is 4.34. The molecule has 1 heterocycles. The zero-order valence-corrected chi connectivity index (χ0v) is 9.74. The maximum atomic E-state index is 11.3. The molecule has 0 unspecified atom stereocenters. The van der Waals surface area contributed by atoms with Crippen molar-refractivity contribution in [3.63, 3.8) is 0 Å². The zero-order chi connectivity index (χ0) is 10.6. The van der Waals surface area contributed by atoms with E-state index in [1.807, 2.05) is 0 Å². The minimum Gasteiger partial charge on any atom is -0.393 e. The lowest BCUT2D eigenvalue weighted by Crippen LogP contribution is -2.30. The summed E-state index contributed by atoms with van der Waals surface area (Å²) in [4.78, 5) is 2.61. The van der Waals surface area contributed by atoms with E-state index in [1.165, 1.54) is 0 Å². The zero-order valence-electron chi connectivity index (χ0n) is 8.11. The highest BCUT2D eigenvalue weighted by molar-refractivity contribution is 7.91. The predicted molar refractivity (Wildman–Crippen MR) is 61.1 cm³/mol. The standard InChI is InChI=1S/C8H16N2O2S2/c9-8(13)2-4-10-3-1-6-14(11,12)7-5-10/h1-7H2,(H2,9,13). The molecule has 0 aromatic rings. The maximum Gasteiger partial charge on any atom is 0.151 e. The van der Waals surface area contributed by atoms with E-state index in [0.29, 0.717) is 23.7 Å². The van der Waals surface area contributed by atoms with Gasteiger partial charge in [0.05, 0.1) is 16.5 Å². The molecule has 0 amide bonds. The first kappa shape index (κ1) is 11.9. The molecule has 1 saturated heterocycles. The highest BCUT2D eigenvalue weighted by Crippen LogP contribution is 2.05. The number of nitrogens with two attached hydrogens (primary N) is 1. The number of sulfone groups is 1. The Morgan fingerprint density at radius 1 is 1.36 bits per heavy atom. The van der Waals surface area contributed by atoms with Crippen LogP contribution < -0.4 is 5.73 Å². The molecular formula is C8H16N2O2S2. The smallest absolute Gasteiger partial charge is 0.151 e. The summed E-state index contributed by atoms with van der Waals surface area (Å²) in [5.74, 6) is 0.584.